The van der Waals surface area contributed by atoms with E-state index in [1.807, 2.05) is 29.6 Å². The van der Waals surface area contributed by atoms with Gasteiger partial charge in [-0.2, -0.15) is 0 Å². The molecule has 1 aliphatic rings. The summed E-state index contributed by atoms with van der Waals surface area (Å²) in [5.74, 6) is -0.263. The van der Waals surface area contributed by atoms with Gasteiger partial charge in [0, 0.05) is 5.56 Å². The minimum absolute atomic E-state index is 0.0626. The van der Waals surface area contributed by atoms with Crippen LogP contribution in [-0.4, -0.2) is 44.2 Å². The number of amides is 1. The van der Waals surface area contributed by atoms with E-state index >= 15 is 0 Å². The minimum atomic E-state index is -0.587. The van der Waals surface area contributed by atoms with Crippen molar-refractivity contribution in [2.45, 2.75) is 6.17 Å². The predicted molar refractivity (Wildman–Crippen MR) is 87.9 cm³/mol. The van der Waals surface area contributed by atoms with Gasteiger partial charge in [0.05, 0.1) is 18.1 Å². The zero-order valence-corrected chi connectivity index (χ0v) is 13.5. The van der Waals surface area contributed by atoms with Gasteiger partial charge in [-0.3, -0.25) is 14.9 Å². The Morgan fingerprint density at radius 2 is 1.83 bits per heavy atom. The van der Waals surface area contributed by atoms with Gasteiger partial charge in [0.1, 0.15) is 13.1 Å². The maximum atomic E-state index is 12.9. The summed E-state index contributed by atoms with van der Waals surface area (Å²) < 4.78 is 5.37. The average molecular weight is 331 g/mol. The second kappa shape index (κ2) is 7.50. The number of quaternary nitrogens is 1. The lowest BCUT2D eigenvalue weighted by Crippen LogP contribution is -3.20. The highest BCUT2D eigenvalue weighted by Crippen LogP contribution is 2.09. The normalized spacial score (nSPS) is 16.7. The Balaban J connectivity index is 1.81. The second-order valence-corrected chi connectivity index (χ2v) is 6.33. The molecule has 1 aromatic heterocycles. The molecule has 2 N–H and O–H groups in total. The first-order valence-electron chi connectivity index (χ1n) is 7.61. The van der Waals surface area contributed by atoms with E-state index in [0.29, 0.717) is 36.7 Å². The van der Waals surface area contributed by atoms with Crippen molar-refractivity contribution < 1.29 is 19.2 Å². The summed E-state index contributed by atoms with van der Waals surface area (Å²) in [4.78, 5) is 26.9. The van der Waals surface area contributed by atoms with Crippen LogP contribution in [0.1, 0.15) is 20.0 Å². The van der Waals surface area contributed by atoms with E-state index in [-0.39, 0.29) is 11.7 Å². The molecule has 6 heteroatoms. The summed E-state index contributed by atoms with van der Waals surface area (Å²) in [6.07, 6.45) is -0.587. The SMILES string of the molecule is O=C(N[C@H](C(=O)c1ccccc1)[NH+]1CCOCC1)c1cccs1. The first kappa shape index (κ1) is 15.9. The third kappa shape index (κ3) is 3.85. The lowest BCUT2D eigenvalue weighted by atomic mass is 10.1. The van der Waals surface area contributed by atoms with Crippen molar-refractivity contribution in [3.05, 3.63) is 58.3 Å². The van der Waals surface area contributed by atoms with Crippen molar-refractivity contribution in [2.24, 2.45) is 0 Å². The quantitative estimate of drug-likeness (QED) is 0.789. The van der Waals surface area contributed by atoms with Crippen LogP contribution in [0.4, 0.5) is 0 Å². The molecule has 1 amide bonds. The maximum Gasteiger partial charge on any atom is 0.266 e. The third-order valence-corrected chi connectivity index (χ3v) is 4.75. The Hall–Kier alpha value is -2.02. The van der Waals surface area contributed by atoms with E-state index in [9.17, 15) is 9.59 Å². The summed E-state index contributed by atoms with van der Waals surface area (Å²) in [5, 5.41) is 4.77. The van der Waals surface area contributed by atoms with Gasteiger partial charge in [-0.25, -0.2) is 0 Å². The van der Waals surface area contributed by atoms with Gasteiger partial charge in [-0.05, 0) is 11.4 Å². The topological polar surface area (TPSA) is 59.8 Å². The van der Waals surface area contributed by atoms with Crippen LogP contribution in [0.3, 0.4) is 0 Å². The summed E-state index contributed by atoms with van der Waals surface area (Å²) in [7, 11) is 0. The minimum Gasteiger partial charge on any atom is -0.370 e. The van der Waals surface area contributed by atoms with Gasteiger partial charge >= 0.3 is 0 Å². The van der Waals surface area contributed by atoms with Crippen molar-refractivity contribution in [3.8, 4) is 0 Å². The molecule has 0 bridgehead atoms. The fraction of sp³-hybridized carbons (Fsp3) is 0.294. The molecule has 1 fully saturated rings. The fourth-order valence-corrected chi connectivity index (χ4v) is 3.28. The molecule has 0 unspecified atom stereocenters. The van der Waals surface area contributed by atoms with E-state index < -0.39 is 6.17 Å². The molecule has 2 heterocycles. The first-order chi connectivity index (χ1) is 11.3. The molecule has 0 aliphatic carbocycles. The van der Waals surface area contributed by atoms with Crippen LogP contribution in [-0.2, 0) is 4.74 Å². The van der Waals surface area contributed by atoms with E-state index in [0.717, 1.165) is 4.90 Å². The van der Waals surface area contributed by atoms with Crippen LogP contribution < -0.4 is 10.2 Å². The number of morpholine rings is 1. The van der Waals surface area contributed by atoms with Gasteiger partial charge in [0.15, 0.2) is 0 Å². The number of ether oxygens (including phenoxy) is 1. The van der Waals surface area contributed by atoms with Crippen LogP contribution in [0, 0.1) is 0 Å². The van der Waals surface area contributed by atoms with Crippen molar-refractivity contribution in [2.75, 3.05) is 26.3 Å². The second-order valence-electron chi connectivity index (χ2n) is 5.38. The molecule has 23 heavy (non-hydrogen) atoms. The smallest absolute Gasteiger partial charge is 0.266 e. The maximum absolute atomic E-state index is 12.9. The first-order valence-corrected chi connectivity index (χ1v) is 8.49. The highest BCUT2D eigenvalue weighted by Gasteiger charge is 2.33. The number of Topliss-reactive ketones (excluding diaryl/α,β-unsaturated/α-hetero) is 1. The molecule has 1 saturated heterocycles. The van der Waals surface area contributed by atoms with Gasteiger partial charge < -0.3 is 9.64 Å². The molecule has 2 aromatic rings. The third-order valence-electron chi connectivity index (χ3n) is 3.88. The number of thiophene rings is 1. The number of ketones is 1. The molecule has 1 atom stereocenters. The molecular weight excluding hydrogens is 312 g/mol. The van der Waals surface area contributed by atoms with Crippen LogP contribution in [0.25, 0.3) is 0 Å². The molecule has 0 radical (unpaired) electrons. The summed E-state index contributed by atoms with van der Waals surface area (Å²) in [5.41, 5.74) is 0.614. The number of hydrogen-bond donors (Lipinski definition) is 2. The lowest BCUT2D eigenvalue weighted by molar-refractivity contribution is -0.925. The van der Waals surface area contributed by atoms with Crippen LogP contribution in [0.15, 0.2) is 47.8 Å². The Morgan fingerprint density at radius 3 is 2.48 bits per heavy atom. The highest BCUT2D eigenvalue weighted by molar-refractivity contribution is 7.12. The van der Waals surface area contributed by atoms with Gasteiger partial charge in [-0.15, -0.1) is 11.3 Å². The molecule has 1 aliphatic heterocycles. The zero-order valence-electron chi connectivity index (χ0n) is 12.7. The molecule has 1 aromatic carbocycles. The number of nitrogens with one attached hydrogen (secondary N) is 2. The fourth-order valence-electron chi connectivity index (χ4n) is 2.65. The number of carbonyl (C=O) groups is 2. The zero-order chi connectivity index (χ0) is 16.1. The van der Waals surface area contributed by atoms with E-state index in [1.54, 1.807) is 18.2 Å². The molecule has 0 saturated carbocycles. The molecule has 5 nitrogen and oxygen atoms in total. The highest BCUT2D eigenvalue weighted by atomic mass is 32.1. The number of carbonyl (C=O) groups excluding carboxylic acids is 2. The lowest BCUT2D eigenvalue weighted by Gasteiger charge is -2.30. The summed E-state index contributed by atoms with van der Waals surface area (Å²) in [6.45, 7) is 2.60. The van der Waals surface area contributed by atoms with Crippen LogP contribution >= 0.6 is 11.3 Å². The monoisotopic (exact) mass is 331 g/mol. The van der Waals surface area contributed by atoms with E-state index in [4.69, 9.17) is 4.74 Å². The standard InChI is InChI=1S/C17H18N2O3S/c20-15(13-5-2-1-3-6-13)16(19-8-10-22-11-9-19)18-17(21)14-7-4-12-23-14/h1-7,12,16H,8-11H2,(H,18,21)/p+1/t16-/m0/s1. The predicted octanol–water partition coefficient (Wildman–Crippen LogP) is 0.602. The van der Waals surface area contributed by atoms with Crippen molar-refractivity contribution in [1.29, 1.82) is 0 Å². The molecule has 120 valence electrons. The van der Waals surface area contributed by atoms with Crippen molar-refractivity contribution in [1.82, 2.24) is 5.32 Å². The Labute approximate surface area is 138 Å². The van der Waals surface area contributed by atoms with Crippen LogP contribution in [0.5, 0.6) is 0 Å². The van der Waals surface area contributed by atoms with Crippen molar-refractivity contribution in [3.63, 3.8) is 0 Å². The van der Waals surface area contributed by atoms with Crippen LogP contribution in [0.2, 0.25) is 0 Å². The molecule has 3 rings (SSSR count). The van der Waals surface area contributed by atoms with Gasteiger partial charge in [0.2, 0.25) is 11.9 Å². The Bertz CT molecular complexity index is 652. The van der Waals surface area contributed by atoms with Crippen molar-refractivity contribution >= 4 is 23.0 Å². The van der Waals surface area contributed by atoms with E-state index in [2.05, 4.69) is 5.32 Å². The molecule has 0 spiro atoms. The van der Waals surface area contributed by atoms with Gasteiger partial charge in [-0.1, -0.05) is 36.4 Å². The largest absolute Gasteiger partial charge is 0.370 e. The summed E-state index contributed by atoms with van der Waals surface area (Å²) in [6, 6.07) is 12.7. The summed E-state index contributed by atoms with van der Waals surface area (Å²) >= 11 is 1.37. The molecular formula is C17H19N2O3S+. The number of benzene rings is 1. The average Bonchev–Trinajstić information content (AvgIpc) is 3.15. The Morgan fingerprint density at radius 1 is 1.09 bits per heavy atom. The van der Waals surface area contributed by atoms with E-state index in [1.165, 1.54) is 11.3 Å². The number of rotatable bonds is 5. The Kier molecular flexibility index (Phi) is 5.17. The number of hydrogen-bond acceptors (Lipinski definition) is 4. The van der Waals surface area contributed by atoms with Gasteiger partial charge in [0.25, 0.3) is 5.91 Å².